The van der Waals surface area contributed by atoms with Crippen LogP contribution in [0.15, 0.2) is 96.2 Å². The van der Waals surface area contributed by atoms with E-state index in [9.17, 15) is 18.0 Å². The molecule has 2 N–H and O–H groups in total. The van der Waals surface area contributed by atoms with Gasteiger partial charge in [-0.1, -0.05) is 35.3 Å². The molecule has 13 heteroatoms. The van der Waals surface area contributed by atoms with E-state index in [-0.39, 0.29) is 39.7 Å². The van der Waals surface area contributed by atoms with E-state index in [0.717, 1.165) is 0 Å². The van der Waals surface area contributed by atoms with Crippen molar-refractivity contribution in [1.82, 2.24) is 14.8 Å². The minimum absolute atomic E-state index is 0.0205. The molecule has 1 saturated heterocycles. The van der Waals surface area contributed by atoms with E-state index in [1.807, 2.05) is 4.90 Å². The number of amides is 2. The van der Waals surface area contributed by atoms with Crippen LogP contribution in [0.3, 0.4) is 0 Å². The van der Waals surface area contributed by atoms with E-state index in [4.69, 9.17) is 27.9 Å². The molecule has 0 saturated carbocycles. The third-order valence-electron chi connectivity index (χ3n) is 6.63. The topological polar surface area (TPSA) is 121 Å². The number of ether oxygens (including phenoxy) is 1. The fraction of sp³-hybridized carbons (Fsp3) is 0.167. The smallest absolute Gasteiger partial charge is 0.262 e. The van der Waals surface area contributed by atoms with E-state index in [1.165, 1.54) is 30.3 Å². The quantitative estimate of drug-likeness (QED) is 0.252. The number of pyridine rings is 1. The summed E-state index contributed by atoms with van der Waals surface area (Å²) in [5.74, 6) is 0.196. The number of rotatable bonds is 9. The highest BCUT2D eigenvalue weighted by molar-refractivity contribution is 7.92. The highest BCUT2D eigenvalue weighted by Crippen LogP contribution is 2.35. The fourth-order valence-corrected chi connectivity index (χ4v) is 5.95. The number of nitrogens with one attached hydrogen (secondary N) is 2. The molecule has 1 aliphatic rings. The summed E-state index contributed by atoms with van der Waals surface area (Å²) in [6, 6.07) is 20.5. The lowest BCUT2D eigenvalue weighted by Crippen LogP contribution is -2.50. The summed E-state index contributed by atoms with van der Waals surface area (Å²) in [5.41, 5.74) is 1.20. The number of hydrogen-bond acceptors (Lipinski definition) is 7. The second-order valence-electron chi connectivity index (χ2n) is 9.66. The zero-order chi connectivity index (χ0) is 30.4. The van der Waals surface area contributed by atoms with Crippen LogP contribution in [0.5, 0.6) is 11.5 Å². The number of anilines is 2. The summed E-state index contributed by atoms with van der Waals surface area (Å²) in [6.07, 6.45) is 3.21. The summed E-state index contributed by atoms with van der Waals surface area (Å²) in [4.78, 5) is 33.1. The molecule has 10 nitrogen and oxygen atoms in total. The van der Waals surface area contributed by atoms with Crippen molar-refractivity contribution in [3.05, 3.63) is 107 Å². The van der Waals surface area contributed by atoms with E-state index in [2.05, 4.69) is 15.0 Å². The lowest BCUT2D eigenvalue weighted by Gasteiger charge is -2.34. The molecule has 0 radical (unpaired) electrons. The first-order valence-electron chi connectivity index (χ1n) is 13.2. The summed E-state index contributed by atoms with van der Waals surface area (Å²) in [7, 11) is -4.01. The number of piperazine rings is 1. The van der Waals surface area contributed by atoms with E-state index < -0.39 is 10.0 Å². The zero-order valence-electron chi connectivity index (χ0n) is 22.7. The Balaban J connectivity index is 1.18. The lowest BCUT2D eigenvalue weighted by atomic mass is 10.2. The molecule has 2 heterocycles. The van der Waals surface area contributed by atoms with Crippen molar-refractivity contribution in [2.75, 3.05) is 42.8 Å². The number of carbonyl (C=O) groups is 2. The van der Waals surface area contributed by atoms with E-state index in [1.54, 1.807) is 65.8 Å². The van der Waals surface area contributed by atoms with Crippen molar-refractivity contribution in [3.8, 4) is 11.5 Å². The maximum Gasteiger partial charge on any atom is 0.262 e. The Bertz CT molecular complexity index is 1710. The van der Waals surface area contributed by atoms with Crippen molar-refractivity contribution in [2.45, 2.75) is 4.90 Å². The molecule has 43 heavy (non-hydrogen) atoms. The monoisotopic (exact) mass is 639 g/mol. The highest BCUT2D eigenvalue weighted by atomic mass is 35.5. The number of carbonyl (C=O) groups excluding carboxylic acids is 2. The zero-order valence-corrected chi connectivity index (χ0v) is 25.1. The molecule has 0 unspecified atom stereocenters. The number of halogens is 2. The Kier molecular flexibility index (Phi) is 9.46. The van der Waals surface area contributed by atoms with Crippen LogP contribution in [-0.4, -0.2) is 67.7 Å². The van der Waals surface area contributed by atoms with Gasteiger partial charge in [-0.3, -0.25) is 24.2 Å². The van der Waals surface area contributed by atoms with Gasteiger partial charge >= 0.3 is 0 Å². The molecule has 3 aromatic carbocycles. The lowest BCUT2D eigenvalue weighted by molar-refractivity contribution is -0.117. The standard InChI is InChI=1S/C30H27Cl2N5O5S/c31-22-9-12-27(25(32)18-22)42-28-6-2-1-5-26(28)35-43(40,41)24-10-7-21(8-11-24)30(39)37-16-14-36(15-17-37)20-29(38)34-23-4-3-13-33-19-23/h1-13,18-19,35H,14-17,20H2,(H,34,38). The fourth-order valence-electron chi connectivity index (χ4n) is 4.43. The molecule has 1 aromatic heterocycles. The molecule has 5 rings (SSSR count). The van der Waals surface area contributed by atoms with Gasteiger partial charge in [-0.15, -0.1) is 0 Å². The first-order valence-corrected chi connectivity index (χ1v) is 15.5. The van der Waals surface area contributed by atoms with Crippen LogP contribution < -0.4 is 14.8 Å². The minimum atomic E-state index is -4.01. The van der Waals surface area contributed by atoms with Gasteiger partial charge in [0.15, 0.2) is 5.75 Å². The maximum absolute atomic E-state index is 13.2. The molecule has 0 spiro atoms. The summed E-state index contributed by atoms with van der Waals surface area (Å²) in [6.45, 7) is 2.15. The minimum Gasteiger partial charge on any atom is -0.454 e. The van der Waals surface area contributed by atoms with Gasteiger partial charge in [-0.25, -0.2) is 8.42 Å². The van der Waals surface area contributed by atoms with Crippen molar-refractivity contribution in [2.24, 2.45) is 0 Å². The van der Waals surface area contributed by atoms with Gasteiger partial charge in [0.1, 0.15) is 5.75 Å². The van der Waals surface area contributed by atoms with Gasteiger partial charge in [-0.2, -0.15) is 0 Å². The normalized spacial score (nSPS) is 13.8. The van der Waals surface area contributed by atoms with Gasteiger partial charge in [-0.05, 0) is 66.7 Å². The largest absolute Gasteiger partial charge is 0.454 e. The van der Waals surface area contributed by atoms with Crippen LogP contribution in [0.4, 0.5) is 11.4 Å². The number of benzene rings is 3. The first-order chi connectivity index (χ1) is 20.7. The third-order valence-corrected chi connectivity index (χ3v) is 8.54. The molecule has 2 amide bonds. The number of hydrogen-bond donors (Lipinski definition) is 2. The highest BCUT2D eigenvalue weighted by Gasteiger charge is 2.24. The van der Waals surface area contributed by atoms with Crippen LogP contribution in [0.2, 0.25) is 10.0 Å². The molecular weight excluding hydrogens is 613 g/mol. The van der Waals surface area contributed by atoms with Gasteiger partial charge in [0, 0.05) is 43.0 Å². The van der Waals surface area contributed by atoms with Crippen molar-refractivity contribution >= 4 is 56.4 Å². The van der Waals surface area contributed by atoms with Gasteiger partial charge in [0.05, 0.1) is 34.0 Å². The summed E-state index contributed by atoms with van der Waals surface area (Å²) in [5, 5.41) is 3.52. The van der Waals surface area contributed by atoms with Gasteiger partial charge < -0.3 is 15.0 Å². The average molecular weight is 641 g/mol. The Morgan fingerprint density at radius 2 is 1.63 bits per heavy atom. The Labute approximate surface area is 259 Å². The second kappa shape index (κ2) is 13.4. The third kappa shape index (κ3) is 7.82. The Morgan fingerprint density at radius 1 is 0.884 bits per heavy atom. The van der Waals surface area contributed by atoms with Crippen LogP contribution >= 0.6 is 23.2 Å². The Morgan fingerprint density at radius 3 is 2.33 bits per heavy atom. The number of para-hydroxylation sites is 2. The van der Waals surface area contributed by atoms with Crippen LogP contribution in [-0.2, 0) is 14.8 Å². The first kappa shape index (κ1) is 30.3. The molecule has 0 aliphatic carbocycles. The second-order valence-corrected chi connectivity index (χ2v) is 12.2. The van der Waals surface area contributed by atoms with Crippen LogP contribution in [0.1, 0.15) is 10.4 Å². The van der Waals surface area contributed by atoms with Crippen LogP contribution in [0, 0.1) is 0 Å². The number of aromatic nitrogens is 1. The Hall–Kier alpha value is -4.16. The molecule has 0 bridgehead atoms. The number of sulfonamides is 1. The van der Waals surface area contributed by atoms with Crippen LogP contribution in [0.25, 0.3) is 0 Å². The van der Waals surface area contributed by atoms with E-state index >= 15 is 0 Å². The van der Waals surface area contributed by atoms with Gasteiger partial charge in [0.2, 0.25) is 5.91 Å². The summed E-state index contributed by atoms with van der Waals surface area (Å²) >= 11 is 12.2. The molecule has 1 aliphatic heterocycles. The molecular formula is C30H27Cl2N5O5S. The average Bonchev–Trinajstić information content (AvgIpc) is 3.00. The van der Waals surface area contributed by atoms with Crippen molar-refractivity contribution in [3.63, 3.8) is 0 Å². The maximum atomic E-state index is 13.2. The SMILES string of the molecule is O=C(CN1CCN(C(=O)c2ccc(S(=O)(=O)Nc3ccccc3Oc3ccc(Cl)cc3Cl)cc2)CC1)Nc1cccnc1. The van der Waals surface area contributed by atoms with Crippen molar-refractivity contribution in [1.29, 1.82) is 0 Å². The molecule has 0 atom stereocenters. The van der Waals surface area contributed by atoms with E-state index in [0.29, 0.717) is 48.2 Å². The molecule has 4 aromatic rings. The molecule has 1 fully saturated rings. The predicted molar refractivity (Wildman–Crippen MR) is 165 cm³/mol. The summed E-state index contributed by atoms with van der Waals surface area (Å²) < 4.78 is 34.8. The van der Waals surface area contributed by atoms with Gasteiger partial charge in [0.25, 0.3) is 15.9 Å². The molecule has 222 valence electrons. The number of nitrogens with zero attached hydrogens (tertiary/aromatic N) is 3. The van der Waals surface area contributed by atoms with Crippen molar-refractivity contribution < 1.29 is 22.7 Å². The predicted octanol–water partition coefficient (Wildman–Crippen LogP) is 5.38.